The lowest BCUT2D eigenvalue weighted by Crippen LogP contribution is -2.39. The Morgan fingerprint density at radius 3 is 2.45 bits per heavy atom. The number of carboxylic acids is 1. The molecule has 0 unspecified atom stereocenters. The van der Waals surface area contributed by atoms with E-state index in [1.165, 1.54) is 18.3 Å². The number of hydrogen-bond acceptors (Lipinski definition) is 5. The van der Waals surface area contributed by atoms with Gasteiger partial charge in [-0.2, -0.15) is 5.10 Å². The second-order valence-electron chi connectivity index (χ2n) is 6.85. The summed E-state index contributed by atoms with van der Waals surface area (Å²) in [5.74, 6) is -2.55. The van der Waals surface area contributed by atoms with Crippen molar-refractivity contribution < 1.29 is 19.5 Å². The van der Waals surface area contributed by atoms with Crippen LogP contribution in [0.4, 0.5) is 11.4 Å². The van der Waals surface area contributed by atoms with Gasteiger partial charge >= 0.3 is 17.8 Å². The molecule has 0 atom stereocenters. The Bertz CT molecular complexity index is 938. The Labute approximate surface area is 169 Å². The van der Waals surface area contributed by atoms with Crippen LogP contribution in [0.2, 0.25) is 0 Å². The number of nitrogens with zero attached hydrogens (tertiary/aromatic N) is 1. The van der Waals surface area contributed by atoms with Crippen LogP contribution in [0.15, 0.2) is 47.6 Å². The van der Waals surface area contributed by atoms with Gasteiger partial charge in [0, 0.05) is 23.5 Å². The molecule has 8 heteroatoms. The number of hydrogen-bond donors (Lipinski definition) is 4. The Kier molecular flexibility index (Phi) is 7.47. The number of benzene rings is 2. The van der Waals surface area contributed by atoms with E-state index in [0.29, 0.717) is 17.8 Å². The van der Waals surface area contributed by atoms with Gasteiger partial charge in [-0.25, -0.2) is 10.2 Å². The molecule has 0 fully saturated rings. The molecule has 2 rings (SSSR count). The Morgan fingerprint density at radius 2 is 1.79 bits per heavy atom. The minimum absolute atomic E-state index is 0.0720. The van der Waals surface area contributed by atoms with Gasteiger partial charge in [-0.15, -0.1) is 0 Å². The first kappa shape index (κ1) is 21.6. The molecule has 152 valence electrons. The fraction of sp³-hybridized carbons (Fsp3) is 0.238. The van der Waals surface area contributed by atoms with Crippen molar-refractivity contribution in [2.75, 3.05) is 11.9 Å². The highest BCUT2D eigenvalue weighted by Crippen LogP contribution is 2.23. The first-order chi connectivity index (χ1) is 13.8. The summed E-state index contributed by atoms with van der Waals surface area (Å²) in [5.41, 5.74) is 5.12. The van der Waals surface area contributed by atoms with E-state index >= 15 is 0 Å². The van der Waals surface area contributed by atoms with Gasteiger partial charge in [-0.3, -0.25) is 9.59 Å². The van der Waals surface area contributed by atoms with Gasteiger partial charge in [-0.1, -0.05) is 32.0 Å². The molecule has 0 aliphatic heterocycles. The number of para-hydroxylation sites is 1. The number of carbonyl (C=O) groups excluding carboxylic acids is 2. The van der Waals surface area contributed by atoms with E-state index in [-0.39, 0.29) is 11.5 Å². The van der Waals surface area contributed by atoms with Gasteiger partial charge < -0.3 is 15.7 Å². The maximum atomic E-state index is 11.8. The van der Waals surface area contributed by atoms with Gasteiger partial charge in [0.1, 0.15) is 0 Å². The quantitative estimate of drug-likeness (QED) is 0.326. The van der Waals surface area contributed by atoms with Gasteiger partial charge in [0.05, 0.1) is 11.8 Å². The Balaban J connectivity index is 2.18. The number of rotatable bonds is 7. The van der Waals surface area contributed by atoms with Crippen LogP contribution in [0.5, 0.6) is 0 Å². The molecule has 29 heavy (non-hydrogen) atoms. The van der Waals surface area contributed by atoms with E-state index in [1.54, 1.807) is 6.07 Å². The van der Waals surface area contributed by atoms with Crippen LogP contribution in [0.3, 0.4) is 0 Å². The zero-order chi connectivity index (χ0) is 21.4. The van der Waals surface area contributed by atoms with Crippen LogP contribution in [-0.2, 0) is 9.59 Å². The van der Waals surface area contributed by atoms with Crippen molar-refractivity contribution >= 4 is 35.4 Å². The lowest BCUT2D eigenvalue weighted by Gasteiger charge is -2.12. The molecule has 8 nitrogen and oxygen atoms in total. The maximum Gasteiger partial charge on any atom is 0.335 e. The zero-order valence-corrected chi connectivity index (χ0v) is 16.5. The van der Waals surface area contributed by atoms with Crippen LogP contribution >= 0.6 is 0 Å². The molecule has 2 aromatic carbocycles. The average molecular weight is 396 g/mol. The van der Waals surface area contributed by atoms with Crippen molar-refractivity contribution in [2.24, 2.45) is 11.0 Å². The molecule has 0 saturated carbocycles. The summed E-state index contributed by atoms with van der Waals surface area (Å²) in [4.78, 5) is 34.8. The van der Waals surface area contributed by atoms with Gasteiger partial charge in [0.15, 0.2) is 0 Å². The molecular weight excluding hydrogens is 372 g/mol. The molecule has 0 radical (unpaired) electrons. The van der Waals surface area contributed by atoms with Crippen LogP contribution in [-0.4, -0.2) is 35.6 Å². The lowest BCUT2D eigenvalue weighted by molar-refractivity contribution is -0.139. The summed E-state index contributed by atoms with van der Waals surface area (Å²) in [6.45, 7) is 6.14. The van der Waals surface area contributed by atoms with Gasteiger partial charge in [-0.05, 0) is 42.7 Å². The van der Waals surface area contributed by atoms with Crippen LogP contribution in [0, 0.1) is 12.8 Å². The summed E-state index contributed by atoms with van der Waals surface area (Å²) >= 11 is 0. The smallest absolute Gasteiger partial charge is 0.335 e. The Morgan fingerprint density at radius 1 is 1.07 bits per heavy atom. The molecule has 2 amide bonds. The summed E-state index contributed by atoms with van der Waals surface area (Å²) in [6.07, 6.45) is 1.29. The van der Waals surface area contributed by atoms with E-state index in [2.05, 4.69) is 21.2 Å². The number of aryl methyl sites for hydroxylation is 1. The standard InChI is InChI=1S/C21H24N4O4/c1-13(2)11-22-19(26)20(27)25-23-12-16-10-15(21(28)29)8-9-18(16)24-17-7-5-4-6-14(17)3/h4-10,12-13,24H,11H2,1-3H3,(H,22,26)(H,25,27)(H,28,29)/b23-12-. The van der Waals surface area contributed by atoms with E-state index < -0.39 is 17.8 Å². The molecule has 0 aliphatic rings. The number of carbonyl (C=O) groups is 3. The molecule has 0 bridgehead atoms. The summed E-state index contributed by atoms with van der Waals surface area (Å²) in [7, 11) is 0. The minimum Gasteiger partial charge on any atom is -0.478 e. The van der Waals surface area contributed by atoms with Crippen molar-refractivity contribution in [3.63, 3.8) is 0 Å². The number of aromatic carboxylic acids is 1. The van der Waals surface area contributed by atoms with E-state index in [0.717, 1.165) is 11.3 Å². The van der Waals surface area contributed by atoms with Gasteiger partial charge in [0.2, 0.25) is 0 Å². The number of carboxylic acid groups (broad SMARTS) is 1. The third-order valence-electron chi connectivity index (χ3n) is 3.96. The normalized spacial score (nSPS) is 10.8. The number of amides is 2. The third-order valence-corrected chi connectivity index (χ3v) is 3.96. The molecule has 0 heterocycles. The highest BCUT2D eigenvalue weighted by molar-refractivity contribution is 6.35. The molecule has 4 N–H and O–H groups in total. The maximum absolute atomic E-state index is 11.8. The SMILES string of the molecule is Cc1ccccc1Nc1ccc(C(=O)O)cc1/C=N\NC(=O)C(=O)NCC(C)C. The Hall–Kier alpha value is -3.68. The first-order valence-electron chi connectivity index (χ1n) is 9.09. The molecule has 2 aromatic rings. The third kappa shape index (κ3) is 6.46. The monoisotopic (exact) mass is 396 g/mol. The van der Waals surface area contributed by atoms with E-state index in [4.69, 9.17) is 0 Å². The molecule has 0 aliphatic carbocycles. The number of nitrogens with one attached hydrogen (secondary N) is 3. The first-order valence-corrected chi connectivity index (χ1v) is 9.09. The molecule has 0 spiro atoms. The number of hydrazone groups is 1. The molecule has 0 aromatic heterocycles. The van der Waals surface area contributed by atoms with Crippen molar-refractivity contribution in [3.8, 4) is 0 Å². The lowest BCUT2D eigenvalue weighted by atomic mass is 10.1. The number of anilines is 2. The molecular formula is C21H24N4O4. The highest BCUT2D eigenvalue weighted by atomic mass is 16.4. The van der Waals surface area contributed by atoms with Gasteiger partial charge in [0.25, 0.3) is 0 Å². The summed E-state index contributed by atoms with van der Waals surface area (Å²) < 4.78 is 0. The largest absolute Gasteiger partial charge is 0.478 e. The topological polar surface area (TPSA) is 120 Å². The van der Waals surface area contributed by atoms with Crippen molar-refractivity contribution in [1.29, 1.82) is 0 Å². The van der Waals surface area contributed by atoms with E-state index in [9.17, 15) is 19.5 Å². The van der Waals surface area contributed by atoms with Crippen LogP contribution in [0.25, 0.3) is 0 Å². The summed E-state index contributed by atoms with van der Waals surface area (Å²) in [5, 5.41) is 18.7. The predicted molar refractivity (Wildman–Crippen MR) is 111 cm³/mol. The zero-order valence-electron chi connectivity index (χ0n) is 16.5. The highest BCUT2D eigenvalue weighted by Gasteiger charge is 2.13. The van der Waals surface area contributed by atoms with Crippen molar-refractivity contribution in [2.45, 2.75) is 20.8 Å². The fourth-order valence-corrected chi connectivity index (χ4v) is 2.36. The molecule has 0 saturated heterocycles. The van der Waals surface area contributed by atoms with Crippen molar-refractivity contribution in [1.82, 2.24) is 10.7 Å². The van der Waals surface area contributed by atoms with Crippen molar-refractivity contribution in [3.05, 3.63) is 59.2 Å². The van der Waals surface area contributed by atoms with Crippen LogP contribution < -0.4 is 16.1 Å². The predicted octanol–water partition coefficient (Wildman–Crippen LogP) is 2.66. The van der Waals surface area contributed by atoms with E-state index in [1.807, 2.05) is 45.0 Å². The second-order valence-corrected chi connectivity index (χ2v) is 6.85. The second kappa shape index (κ2) is 10.0. The fourth-order valence-electron chi connectivity index (χ4n) is 2.36. The average Bonchev–Trinajstić information content (AvgIpc) is 2.68. The van der Waals surface area contributed by atoms with Crippen LogP contribution in [0.1, 0.15) is 35.3 Å². The summed E-state index contributed by atoms with van der Waals surface area (Å²) in [6, 6.07) is 12.1. The minimum atomic E-state index is -1.08.